The normalized spacial score (nSPS) is 12.9. The Morgan fingerprint density at radius 3 is 2.56 bits per heavy atom. The van der Waals surface area contributed by atoms with E-state index in [1.807, 2.05) is 0 Å². The molecule has 0 fully saturated rings. The monoisotopic (exact) mass is 265 g/mol. The molecule has 2 rings (SSSR count). The van der Waals surface area contributed by atoms with E-state index in [1.54, 1.807) is 12.1 Å². The zero-order valence-corrected chi connectivity index (χ0v) is 11.2. The van der Waals surface area contributed by atoms with E-state index in [4.69, 9.17) is 5.73 Å². The second kappa shape index (κ2) is 5.54. The maximum Gasteiger partial charge on any atom is 0.123 e. The Bertz CT molecular complexity index is 507. The summed E-state index contributed by atoms with van der Waals surface area (Å²) in [6, 6.07) is 6.30. The predicted molar refractivity (Wildman–Crippen MR) is 71.0 cm³/mol. The van der Waals surface area contributed by atoms with Gasteiger partial charge in [-0.2, -0.15) is 0 Å². The first-order chi connectivity index (χ1) is 8.58. The van der Waals surface area contributed by atoms with Gasteiger partial charge in [0.15, 0.2) is 0 Å². The van der Waals surface area contributed by atoms with Gasteiger partial charge in [-0.1, -0.05) is 30.5 Å². The van der Waals surface area contributed by atoms with Crippen LogP contribution >= 0.6 is 11.5 Å². The summed E-state index contributed by atoms with van der Waals surface area (Å²) in [5, 5.41) is 4.12. The minimum absolute atomic E-state index is 0.132. The summed E-state index contributed by atoms with van der Waals surface area (Å²) in [4.78, 5) is 1.02. The van der Waals surface area contributed by atoms with Gasteiger partial charge in [-0.25, -0.2) is 4.39 Å². The first-order valence-corrected chi connectivity index (χ1v) is 6.67. The molecule has 96 valence electrons. The van der Waals surface area contributed by atoms with Crippen LogP contribution in [0.2, 0.25) is 0 Å². The molecular formula is C13H16FN3S. The lowest BCUT2D eigenvalue weighted by atomic mass is 10.0. The lowest BCUT2D eigenvalue weighted by molar-refractivity contribution is 0.625. The molecular weight excluding hydrogens is 249 g/mol. The van der Waals surface area contributed by atoms with E-state index < -0.39 is 0 Å². The Morgan fingerprint density at radius 2 is 1.94 bits per heavy atom. The van der Waals surface area contributed by atoms with Crippen LogP contribution in [-0.4, -0.2) is 9.59 Å². The van der Waals surface area contributed by atoms with Gasteiger partial charge < -0.3 is 5.73 Å². The Morgan fingerprint density at radius 1 is 1.28 bits per heavy atom. The van der Waals surface area contributed by atoms with Crippen LogP contribution in [-0.2, 0) is 6.42 Å². The number of hydrogen-bond acceptors (Lipinski definition) is 4. The maximum atomic E-state index is 12.8. The summed E-state index contributed by atoms with van der Waals surface area (Å²) in [6.07, 6.45) is 0.671. The van der Waals surface area contributed by atoms with Gasteiger partial charge in [0.25, 0.3) is 0 Å². The highest BCUT2D eigenvalue weighted by atomic mass is 32.1. The van der Waals surface area contributed by atoms with Crippen LogP contribution in [0, 0.1) is 5.82 Å². The van der Waals surface area contributed by atoms with Crippen LogP contribution in [0.5, 0.6) is 0 Å². The fourth-order valence-corrected chi connectivity index (χ4v) is 2.63. The standard InChI is InChI=1S/C13H16FN3S/c1-8(2)12-13(18-17-16-12)11(15)7-9-3-5-10(14)6-4-9/h3-6,8,11H,7,15H2,1-2H3. The quantitative estimate of drug-likeness (QED) is 0.924. The van der Waals surface area contributed by atoms with Crippen molar-refractivity contribution < 1.29 is 4.39 Å². The van der Waals surface area contributed by atoms with Gasteiger partial charge in [0, 0.05) is 6.04 Å². The summed E-state index contributed by atoms with van der Waals surface area (Å²) < 4.78 is 16.8. The number of rotatable bonds is 4. The molecule has 1 aromatic heterocycles. The summed E-state index contributed by atoms with van der Waals surface area (Å²) in [7, 11) is 0. The lowest BCUT2D eigenvalue weighted by Gasteiger charge is -2.12. The molecule has 3 nitrogen and oxygen atoms in total. The van der Waals surface area contributed by atoms with E-state index >= 15 is 0 Å². The van der Waals surface area contributed by atoms with Crippen molar-refractivity contribution in [3.63, 3.8) is 0 Å². The van der Waals surface area contributed by atoms with Crippen molar-refractivity contribution in [2.75, 3.05) is 0 Å². The molecule has 0 amide bonds. The number of aromatic nitrogens is 2. The minimum atomic E-state index is -0.227. The van der Waals surface area contributed by atoms with E-state index in [9.17, 15) is 4.39 Å². The smallest absolute Gasteiger partial charge is 0.123 e. The van der Waals surface area contributed by atoms with Crippen LogP contribution in [0.3, 0.4) is 0 Å². The maximum absolute atomic E-state index is 12.8. The molecule has 2 N–H and O–H groups in total. The van der Waals surface area contributed by atoms with E-state index in [2.05, 4.69) is 23.4 Å². The third-order valence-electron chi connectivity index (χ3n) is 2.79. The van der Waals surface area contributed by atoms with Crippen LogP contribution < -0.4 is 5.73 Å². The van der Waals surface area contributed by atoms with Crippen molar-refractivity contribution in [1.29, 1.82) is 0 Å². The van der Waals surface area contributed by atoms with Crippen molar-refractivity contribution in [2.45, 2.75) is 32.2 Å². The fraction of sp³-hybridized carbons (Fsp3) is 0.385. The molecule has 0 saturated heterocycles. The minimum Gasteiger partial charge on any atom is -0.323 e. The van der Waals surface area contributed by atoms with E-state index in [1.165, 1.54) is 23.7 Å². The Kier molecular flexibility index (Phi) is 4.04. The molecule has 0 aliphatic carbocycles. The largest absolute Gasteiger partial charge is 0.323 e. The highest BCUT2D eigenvalue weighted by Crippen LogP contribution is 2.26. The Labute approximate surface area is 110 Å². The van der Waals surface area contributed by atoms with Crippen molar-refractivity contribution in [3.05, 3.63) is 46.2 Å². The predicted octanol–water partition coefficient (Wildman–Crippen LogP) is 3.04. The number of nitrogens with zero attached hydrogens (tertiary/aromatic N) is 2. The van der Waals surface area contributed by atoms with E-state index in [0.717, 1.165) is 16.1 Å². The average molecular weight is 265 g/mol. The highest BCUT2D eigenvalue weighted by Gasteiger charge is 2.18. The molecule has 1 unspecified atom stereocenters. The Hall–Kier alpha value is -1.33. The van der Waals surface area contributed by atoms with Gasteiger partial charge in [-0.05, 0) is 41.6 Å². The molecule has 5 heteroatoms. The molecule has 0 radical (unpaired) electrons. The molecule has 0 bridgehead atoms. The van der Waals surface area contributed by atoms with E-state index in [-0.39, 0.29) is 11.9 Å². The van der Waals surface area contributed by atoms with Crippen LogP contribution in [0.4, 0.5) is 4.39 Å². The lowest BCUT2D eigenvalue weighted by Crippen LogP contribution is -2.14. The molecule has 1 heterocycles. The summed E-state index contributed by atoms with van der Waals surface area (Å²) in [5.41, 5.74) is 8.17. The third kappa shape index (κ3) is 2.91. The molecule has 0 saturated carbocycles. The fourth-order valence-electron chi connectivity index (χ4n) is 1.83. The molecule has 0 spiro atoms. The first-order valence-electron chi connectivity index (χ1n) is 5.90. The summed E-state index contributed by atoms with van der Waals surface area (Å²) in [5.74, 6) is 0.0904. The molecule has 18 heavy (non-hydrogen) atoms. The van der Waals surface area contributed by atoms with Gasteiger partial charge in [0.05, 0.1) is 10.6 Å². The van der Waals surface area contributed by atoms with Crippen molar-refractivity contribution in [3.8, 4) is 0 Å². The van der Waals surface area contributed by atoms with Gasteiger partial charge in [0.1, 0.15) is 5.82 Å². The third-order valence-corrected chi connectivity index (χ3v) is 3.66. The van der Waals surface area contributed by atoms with Crippen LogP contribution in [0.25, 0.3) is 0 Å². The van der Waals surface area contributed by atoms with Gasteiger partial charge >= 0.3 is 0 Å². The molecule has 1 aromatic carbocycles. The zero-order valence-electron chi connectivity index (χ0n) is 10.4. The van der Waals surface area contributed by atoms with Gasteiger partial charge in [-0.15, -0.1) is 5.10 Å². The summed E-state index contributed by atoms with van der Waals surface area (Å²) >= 11 is 1.35. The first kappa shape index (κ1) is 13.1. The Balaban J connectivity index is 2.14. The molecule has 2 aromatic rings. The van der Waals surface area contributed by atoms with Gasteiger partial charge in [-0.3, -0.25) is 0 Å². The number of nitrogens with two attached hydrogens (primary N) is 1. The molecule has 0 aliphatic rings. The number of halogens is 1. The number of benzene rings is 1. The molecule has 1 atom stereocenters. The topological polar surface area (TPSA) is 51.8 Å². The van der Waals surface area contributed by atoms with Crippen molar-refractivity contribution in [2.24, 2.45) is 5.73 Å². The zero-order chi connectivity index (χ0) is 13.1. The SMILES string of the molecule is CC(C)c1nnsc1C(N)Cc1ccc(F)cc1. The van der Waals surface area contributed by atoms with Crippen LogP contribution in [0.1, 0.15) is 41.9 Å². The average Bonchev–Trinajstić information content (AvgIpc) is 2.81. The highest BCUT2D eigenvalue weighted by molar-refractivity contribution is 7.05. The van der Waals surface area contributed by atoms with Crippen molar-refractivity contribution >= 4 is 11.5 Å². The second-order valence-corrected chi connectivity index (χ2v) is 5.40. The summed E-state index contributed by atoms with van der Waals surface area (Å²) in [6.45, 7) is 4.15. The number of hydrogen-bond donors (Lipinski definition) is 1. The second-order valence-electron chi connectivity index (χ2n) is 4.61. The van der Waals surface area contributed by atoms with E-state index in [0.29, 0.717) is 12.3 Å². The van der Waals surface area contributed by atoms with Gasteiger partial charge in [0.2, 0.25) is 0 Å². The van der Waals surface area contributed by atoms with Crippen LogP contribution in [0.15, 0.2) is 24.3 Å². The molecule has 0 aliphatic heterocycles. The van der Waals surface area contributed by atoms with Crippen molar-refractivity contribution in [1.82, 2.24) is 9.59 Å².